The van der Waals surface area contributed by atoms with Crippen molar-refractivity contribution in [2.45, 2.75) is 113 Å². The Morgan fingerprint density at radius 1 is 0.826 bits per heavy atom. The van der Waals surface area contributed by atoms with Crippen LogP contribution in [0.1, 0.15) is 102 Å². The molecule has 1 aromatic heterocycles. The van der Waals surface area contributed by atoms with Gasteiger partial charge in [0.1, 0.15) is 18.2 Å². The molecule has 8 nitrogen and oxygen atoms in total. The number of hydrogen-bond donors (Lipinski definition) is 2. The summed E-state index contributed by atoms with van der Waals surface area (Å²) in [5.74, 6) is 1.11. The number of aromatic nitrogens is 1. The summed E-state index contributed by atoms with van der Waals surface area (Å²) >= 11 is 0. The first-order valence-corrected chi connectivity index (χ1v) is 20.6. The maximum atomic E-state index is 12.7. The Kier molecular flexibility index (Phi) is 20.0. The summed E-state index contributed by atoms with van der Waals surface area (Å²) in [7, 11) is 6.27. The third kappa shape index (κ3) is 18.5. The van der Waals surface area contributed by atoms with Crippen molar-refractivity contribution in [3.63, 3.8) is 0 Å². The van der Waals surface area contributed by atoms with Gasteiger partial charge in [0.05, 0.1) is 17.3 Å². The molecule has 2 atom stereocenters. The van der Waals surface area contributed by atoms with Crippen LogP contribution in [0.2, 0.25) is 0 Å². The van der Waals surface area contributed by atoms with Gasteiger partial charge in [0.25, 0.3) is 0 Å². The molecule has 1 aromatic rings. The van der Waals surface area contributed by atoms with E-state index in [0.717, 1.165) is 17.2 Å². The minimum Gasteiger partial charge on any atom is -0.481 e. The molecular formula is C34H60N2O6S4. The molecule has 0 saturated carbocycles. The second-order valence-electron chi connectivity index (χ2n) is 15.2. The van der Waals surface area contributed by atoms with Crippen molar-refractivity contribution in [1.29, 1.82) is 0 Å². The first-order chi connectivity index (χ1) is 20.9. The molecule has 12 heteroatoms. The summed E-state index contributed by atoms with van der Waals surface area (Å²) in [6.07, 6.45) is 3.30. The van der Waals surface area contributed by atoms with Gasteiger partial charge >= 0.3 is 17.9 Å². The third-order valence-corrected chi connectivity index (χ3v) is 12.2. The zero-order valence-corrected chi connectivity index (χ0v) is 33.5. The Balaban J connectivity index is 0.000000885. The summed E-state index contributed by atoms with van der Waals surface area (Å²) in [5.41, 5.74) is 4.50. The second-order valence-corrected chi connectivity index (χ2v) is 20.3. The fourth-order valence-electron chi connectivity index (χ4n) is 4.57. The molecule has 0 spiro atoms. The number of nitrogens with zero attached hydrogens (tertiary/aromatic N) is 1. The van der Waals surface area contributed by atoms with Crippen molar-refractivity contribution in [3.8, 4) is 0 Å². The van der Waals surface area contributed by atoms with E-state index in [4.69, 9.17) is 20.3 Å². The van der Waals surface area contributed by atoms with E-state index in [2.05, 4.69) is 60.4 Å². The van der Waals surface area contributed by atoms with Gasteiger partial charge in [0.15, 0.2) is 0 Å². The fourth-order valence-corrected chi connectivity index (χ4v) is 8.09. The zero-order chi connectivity index (χ0) is 35.8. The number of ether oxygens (including phenoxy) is 2. The maximum Gasteiger partial charge on any atom is 0.312 e. The summed E-state index contributed by atoms with van der Waals surface area (Å²) in [6, 6.07) is 5.81. The van der Waals surface area contributed by atoms with Gasteiger partial charge in [-0.2, -0.15) is 0 Å². The van der Waals surface area contributed by atoms with Gasteiger partial charge in [-0.25, -0.2) is 4.98 Å². The van der Waals surface area contributed by atoms with Crippen LogP contribution in [-0.4, -0.2) is 64.0 Å². The number of esters is 2. The highest BCUT2D eigenvalue weighted by Gasteiger charge is 2.48. The molecule has 0 bridgehead atoms. The average Bonchev–Trinajstić information content (AvgIpc) is 2.90. The van der Waals surface area contributed by atoms with Gasteiger partial charge in [0, 0.05) is 29.0 Å². The van der Waals surface area contributed by atoms with Gasteiger partial charge in [-0.15, -0.1) is 0 Å². The van der Waals surface area contributed by atoms with Crippen LogP contribution in [0.3, 0.4) is 0 Å². The predicted octanol–water partition coefficient (Wildman–Crippen LogP) is 9.03. The Hall–Kier alpha value is -1.08. The van der Waals surface area contributed by atoms with Crippen LogP contribution in [0.15, 0.2) is 29.4 Å². The second kappa shape index (κ2) is 20.4. The van der Waals surface area contributed by atoms with Crippen LogP contribution in [0, 0.1) is 27.6 Å². The topological polar surface area (TPSA) is 129 Å². The number of nitrogens with two attached hydrogens (primary N) is 1. The van der Waals surface area contributed by atoms with E-state index < -0.39 is 22.3 Å². The van der Waals surface area contributed by atoms with E-state index in [1.807, 2.05) is 45.9 Å². The predicted molar refractivity (Wildman–Crippen MR) is 199 cm³/mol. The van der Waals surface area contributed by atoms with Crippen LogP contribution >= 0.6 is 43.2 Å². The number of hydrogen-bond acceptors (Lipinski definition) is 11. The van der Waals surface area contributed by atoms with Crippen LogP contribution < -0.4 is 5.73 Å². The number of carboxylic acid groups (broad SMARTS) is 1. The number of carbonyl (C=O) groups is 3. The molecule has 0 fully saturated rings. The Labute approximate surface area is 294 Å². The molecule has 0 aliphatic rings. The van der Waals surface area contributed by atoms with E-state index in [1.165, 1.54) is 10.8 Å². The molecule has 2 unspecified atom stereocenters. The summed E-state index contributed by atoms with van der Waals surface area (Å²) in [6.45, 7) is 25.3. The third-order valence-electron chi connectivity index (χ3n) is 7.62. The molecule has 0 aromatic carbocycles. The van der Waals surface area contributed by atoms with E-state index in [0.29, 0.717) is 31.1 Å². The molecule has 3 N–H and O–H groups in total. The van der Waals surface area contributed by atoms with E-state index >= 15 is 0 Å². The van der Waals surface area contributed by atoms with E-state index in [9.17, 15) is 14.4 Å². The SMILES string of the molecule is CC(C)(N)CC(C)(C(=O)OCCSSc1ccccn1)C(C)(C)C.CC(C)C(C)(CC(C)(C)C)C(=O)OCCSSCCC(=O)O. The molecule has 0 saturated heterocycles. The highest BCUT2D eigenvalue weighted by atomic mass is 33.1. The summed E-state index contributed by atoms with van der Waals surface area (Å²) in [5, 5.41) is 9.49. The molecule has 0 aliphatic heterocycles. The van der Waals surface area contributed by atoms with Crippen LogP contribution in [0.4, 0.5) is 0 Å². The number of carbonyl (C=O) groups excluding carboxylic acids is 2. The molecule has 266 valence electrons. The molecule has 46 heavy (non-hydrogen) atoms. The number of carboxylic acids is 1. The smallest absolute Gasteiger partial charge is 0.312 e. The number of aliphatic carboxylic acids is 1. The lowest BCUT2D eigenvalue weighted by atomic mass is 9.63. The minimum atomic E-state index is -0.783. The standard InChI is InChI=1S/C18H30N2O2S2.C16H30O4S2/c1-16(2,3)18(6,13-17(4,5)19)15(21)22-11-12-23-24-14-9-7-8-10-20-14;1-12(2)16(6,11-15(3,4)5)14(19)20-8-10-22-21-9-7-13(17)18/h7-10H,11-13,19H2,1-6H3;12H,7-11H2,1-6H3,(H,17,18). The minimum absolute atomic E-state index is 0.0689. The van der Waals surface area contributed by atoms with Crippen LogP contribution in [0.5, 0.6) is 0 Å². The lowest BCUT2D eigenvalue weighted by Crippen LogP contribution is -2.49. The normalized spacial score (nSPS) is 14.8. The molecule has 0 amide bonds. The van der Waals surface area contributed by atoms with E-state index in [1.54, 1.807) is 38.6 Å². The lowest BCUT2D eigenvalue weighted by Gasteiger charge is -2.43. The van der Waals surface area contributed by atoms with Crippen molar-refractivity contribution in [2.75, 3.05) is 30.5 Å². The van der Waals surface area contributed by atoms with Crippen LogP contribution in [-0.2, 0) is 23.9 Å². The molecule has 1 heterocycles. The van der Waals surface area contributed by atoms with Gasteiger partial charge < -0.3 is 20.3 Å². The molecular weight excluding hydrogens is 661 g/mol. The number of pyridine rings is 1. The van der Waals surface area contributed by atoms with Crippen LogP contribution in [0.25, 0.3) is 0 Å². The monoisotopic (exact) mass is 720 g/mol. The highest BCUT2D eigenvalue weighted by molar-refractivity contribution is 8.77. The summed E-state index contributed by atoms with van der Waals surface area (Å²) in [4.78, 5) is 39.8. The fraction of sp³-hybridized carbons (Fsp3) is 0.765. The van der Waals surface area contributed by atoms with Crippen molar-refractivity contribution < 1.29 is 29.0 Å². The molecule has 1 rings (SSSR count). The van der Waals surface area contributed by atoms with Crippen molar-refractivity contribution in [3.05, 3.63) is 24.4 Å². The van der Waals surface area contributed by atoms with Crippen molar-refractivity contribution >= 4 is 61.1 Å². The van der Waals surface area contributed by atoms with Gasteiger partial charge in [-0.3, -0.25) is 14.4 Å². The Morgan fingerprint density at radius 3 is 1.83 bits per heavy atom. The first-order valence-electron chi connectivity index (χ1n) is 15.7. The van der Waals surface area contributed by atoms with Crippen molar-refractivity contribution in [2.24, 2.45) is 33.3 Å². The quantitative estimate of drug-likeness (QED) is 0.0853. The van der Waals surface area contributed by atoms with Gasteiger partial charge in [0.2, 0.25) is 0 Å². The molecule has 0 radical (unpaired) electrons. The van der Waals surface area contributed by atoms with E-state index in [-0.39, 0.29) is 35.1 Å². The van der Waals surface area contributed by atoms with Crippen molar-refractivity contribution in [1.82, 2.24) is 4.98 Å². The Morgan fingerprint density at radius 2 is 1.37 bits per heavy atom. The summed E-state index contributed by atoms with van der Waals surface area (Å²) < 4.78 is 11.0. The molecule has 0 aliphatic carbocycles. The lowest BCUT2D eigenvalue weighted by molar-refractivity contribution is -0.163. The van der Waals surface area contributed by atoms with Gasteiger partial charge in [-0.05, 0) is 80.2 Å². The highest BCUT2D eigenvalue weighted by Crippen LogP contribution is 2.45. The maximum absolute atomic E-state index is 12.7. The average molecular weight is 721 g/mol. The largest absolute Gasteiger partial charge is 0.481 e. The van der Waals surface area contributed by atoms with Gasteiger partial charge in [-0.1, -0.05) is 93.8 Å². The number of rotatable bonds is 18. The zero-order valence-electron chi connectivity index (χ0n) is 30.2. The first kappa shape index (κ1) is 44.9. The Bertz CT molecular complexity index is 1050.